The van der Waals surface area contributed by atoms with Crippen LogP contribution in [0.25, 0.3) is 11.5 Å². The summed E-state index contributed by atoms with van der Waals surface area (Å²) in [5, 5.41) is 6.87. The molecule has 162 valence electrons. The van der Waals surface area contributed by atoms with Crippen molar-refractivity contribution >= 4 is 11.7 Å². The number of amides is 1. The lowest BCUT2D eigenvalue weighted by Crippen LogP contribution is -2.29. The molecule has 4 aromatic rings. The second-order valence-corrected chi connectivity index (χ2v) is 7.28. The van der Waals surface area contributed by atoms with Crippen LogP contribution in [-0.4, -0.2) is 35.2 Å². The van der Waals surface area contributed by atoms with E-state index in [0.29, 0.717) is 28.8 Å². The Morgan fingerprint density at radius 3 is 2.62 bits per heavy atom. The van der Waals surface area contributed by atoms with Gasteiger partial charge in [-0.25, -0.2) is 9.97 Å². The number of hydrogen-bond acceptors (Lipinski definition) is 7. The number of aryl methyl sites for hydroxylation is 1. The molecule has 0 bridgehead atoms. The lowest BCUT2D eigenvalue weighted by atomic mass is 10.2. The molecule has 1 amide bonds. The first-order valence-corrected chi connectivity index (χ1v) is 9.89. The Hall–Kier alpha value is -4.34. The topological polar surface area (TPSA) is 117 Å². The average molecular weight is 431 g/mol. The Kier molecular flexibility index (Phi) is 5.75. The summed E-state index contributed by atoms with van der Waals surface area (Å²) in [6.07, 6.45) is 6.33. The standard InChI is InChI=1S/C22H21N7O3/c1-14(2)29-10-4-5-17(22(29)31)21(30)26-19-7-6-16(12-24-19)32-15-8-9-23-18(11-15)20-25-13-28(3)27-20/h4-14H,1-3H3,(H,24,26,30). The third-order valence-electron chi connectivity index (χ3n) is 4.55. The predicted molar refractivity (Wildman–Crippen MR) is 118 cm³/mol. The zero-order chi connectivity index (χ0) is 22.7. The van der Waals surface area contributed by atoms with E-state index in [1.807, 2.05) is 13.8 Å². The summed E-state index contributed by atoms with van der Waals surface area (Å²) < 4.78 is 8.92. The highest BCUT2D eigenvalue weighted by atomic mass is 16.5. The first-order chi connectivity index (χ1) is 15.4. The van der Waals surface area contributed by atoms with E-state index in [0.717, 1.165) is 0 Å². The van der Waals surface area contributed by atoms with Crippen molar-refractivity contribution in [3.05, 3.63) is 77.2 Å². The molecule has 4 aromatic heterocycles. The fraction of sp³-hybridized carbons (Fsp3) is 0.182. The molecule has 0 saturated heterocycles. The summed E-state index contributed by atoms with van der Waals surface area (Å²) in [5.41, 5.74) is 0.279. The first kappa shape index (κ1) is 20.9. The van der Waals surface area contributed by atoms with E-state index in [9.17, 15) is 9.59 Å². The minimum Gasteiger partial charge on any atom is -0.456 e. The molecule has 4 rings (SSSR count). The second-order valence-electron chi connectivity index (χ2n) is 7.28. The summed E-state index contributed by atoms with van der Waals surface area (Å²) in [6, 6.07) is 9.80. The normalized spacial score (nSPS) is 10.9. The molecule has 0 aliphatic heterocycles. The molecule has 0 atom stereocenters. The van der Waals surface area contributed by atoms with Crippen LogP contribution >= 0.6 is 0 Å². The molecule has 0 unspecified atom stereocenters. The molecular weight excluding hydrogens is 410 g/mol. The van der Waals surface area contributed by atoms with Crippen molar-refractivity contribution in [3.63, 3.8) is 0 Å². The highest BCUT2D eigenvalue weighted by molar-refractivity contribution is 6.03. The Morgan fingerprint density at radius 1 is 1.09 bits per heavy atom. The fourth-order valence-corrected chi connectivity index (χ4v) is 2.98. The number of aromatic nitrogens is 6. The summed E-state index contributed by atoms with van der Waals surface area (Å²) >= 11 is 0. The van der Waals surface area contributed by atoms with Crippen molar-refractivity contribution < 1.29 is 9.53 Å². The maximum absolute atomic E-state index is 12.5. The molecule has 1 N–H and O–H groups in total. The van der Waals surface area contributed by atoms with Crippen molar-refractivity contribution in [1.82, 2.24) is 29.3 Å². The molecule has 0 saturated carbocycles. The van der Waals surface area contributed by atoms with E-state index in [4.69, 9.17) is 4.74 Å². The summed E-state index contributed by atoms with van der Waals surface area (Å²) in [5.74, 6) is 1.28. The van der Waals surface area contributed by atoms with Gasteiger partial charge < -0.3 is 14.6 Å². The van der Waals surface area contributed by atoms with Crippen molar-refractivity contribution in [2.45, 2.75) is 19.9 Å². The largest absolute Gasteiger partial charge is 0.456 e. The second kappa shape index (κ2) is 8.80. The van der Waals surface area contributed by atoms with Crippen LogP contribution in [0.2, 0.25) is 0 Å². The molecule has 0 aliphatic rings. The molecule has 10 nitrogen and oxygen atoms in total. The van der Waals surface area contributed by atoms with Crippen molar-refractivity contribution in [2.75, 3.05) is 5.32 Å². The van der Waals surface area contributed by atoms with Crippen LogP contribution in [0.1, 0.15) is 30.2 Å². The van der Waals surface area contributed by atoms with Crippen LogP contribution in [0.3, 0.4) is 0 Å². The van der Waals surface area contributed by atoms with Crippen LogP contribution in [0.4, 0.5) is 5.82 Å². The van der Waals surface area contributed by atoms with Gasteiger partial charge >= 0.3 is 0 Å². The predicted octanol–water partition coefficient (Wildman–Crippen LogP) is 3.06. The molecule has 0 fully saturated rings. The van der Waals surface area contributed by atoms with Gasteiger partial charge in [-0.2, -0.15) is 0 Å². The maximum Gasteiger partial charge on any atom is 0.263 e. The smallest absolute Gasteiger partial charge is 0.263 e. The van der Waals surface area contributed by atoms with E-state index in [1.165, 1.54) is 16.8 Å². The minimum absolute atomic E-state index is 0.0491. The number of anilines is 1. The van der Waals surface area contributed by atoms with E-state index in [1.54, 1.807) is 60.8 Å². The van der Waals surface area contributed by atoms with Gasteiger partial charge in [-0.05, 0) is 44.2 Å². The molecule has 4 heterocycles. The van der Waals surface area contributed by atoms with Gasteiger partial charge in [-0.3, -0.25) is 19.3 Å². The number of rotatable bonds is 6. The van der Waals surface area contributed by atoms with Gasteiger partial charge in [0.25, 0.3) is 11.5 Å². The quantitative estimate of drug-likeness (QED) is 0.499. The van der Waals surface area contributed by atoms with Crippen LogP contribution in [0, 0.1) is 0 Å². The number of nitrogens with one attached hydrogen (secondary N) is 1. The van der Waals surface area contributed by atoms with Crippen molar-refractivity contribution in [3.8, 4) is 23.0 Å². The molecule has 10 heteroatoms. The average Bonchev–Trinajstić information content (AvgIpc) is 3.21. The zero-order valence-corrected chi connectivity index (χ0v) is 17.8. The number of ether oxygens (including phenoxy) is 1. The molecule has 0 spiro atoms. The summed E-state index contributed by atoms with van der Waals surface area (Å²) in [6.45, 7) is 3.75. The lowest BCUT2D eigenvalue weighted by Gasteiger charge is -2.11. The summed E-state index contributed by atoms with van der Waals surface area (Å²) in [7, 11) is 1.78. The van der Waals surface area contributed by atoms with Crippen molar-refractivity contribution in [1.29, 1.82) is 0 Å². The Labute approximate surface area is 183 Å². The number of carbonyl (C=O) groups is 1. The third-order valence-corrected chi connectivity index (χ3v) is 4.55. The molecule has 0 aromatic carbocycles. The molecule has 0 aliphatic carbocycles. The monoisotopic (exact) mass is 431 g/mol. The number of hydrogen-bond donors (Lipinski definition) is 1. The van der Waals surface area contributed by atoms with Crippen LogP contribution < -0.4 is 15.6 Å². The Bertz CT molecular complexity index is 1310. The van der Waals surface area contributed by atoms with Crippen molar-refractivity contribution in [2.24, 2.45) is 7.05 Å². The van der Waals surface area contributed by atoms with Gasteiger partial charge in [-0.15, -0.1) is 5.10 Å². The van der Waals surface area contributed by atoms with Crippen LogP contribution in [-0.2, 0) is 7.05 Å². The highest BCUT2D eigenvalue weighted by Gasteiger charge is 2.14. The van der Waals surface area contributed by atoms with Gasteiger partial charge in [0.05, 0.1) is 6.20 Å². The maximum atomic E-state index is 12.5. The first-order valence-electron chi connectivity index (χ1n) is 9.89. The van der Waals surface area contributed by atoms with E-state index in [-0.39, 0.29) is 17.2 Å². The Morgan fingerprint density at radius 2 is 1.94 bits per heavy atom. The lowest BCUT2D eigenvalue weighted by molar-refractivity contribution is 0.102. The fourth-order valence-electron chi connectivity index (χ4n) is 2.98. The van der Waals surface area contributed by atoms with E-state index in [2.05, 4.69) is 25.4 Å². The van der Waals surface area contributed by atoms with Crippen LogP contribution in [0.5, 0.6) is 11.5 Å². The SMILES string of the molecule is CC(C)n1cccc(C(=O)Nc2ccc(Oc3ccnc(-c4ncn(C)n4)c3)cn2)c1=O. The number of nitrogens with zero attached hydrogens (tertiary/aromatic N) is 6. The molecular formula is C22H21N7O3. The van der Waals surface area contributed by atoms with Gasteiger partial charge in [0.2, 0.25) is 0 Å². The van der Waals surface area contributed by atoms with Gasteiger partial charge in [0.15, 0.2) is 5.82 Å². The van der Waals surface area contributed by atoms with E-state index < -0.39 is 5.91 Å². The van der Waals surface area contributed by atoms with E-state index >= 15 is 0 Å². The third kappa shape index (κ3) is 4.53. The molecule has 0 radical (unpaired) electrons. The zero-order valence-electron chi connectivity index (χ0n) is 17.8. The number of carbonyl (C=O) groups excluding carboxylic acids is 1. The minimum atomic E-state index is -0.521. The highest BCUT2D eigenvalue weighted by Crippen LogP contribution is 2.24. The Balaban J connectivity index is 1.46. The van der Waals surface area contributed by atoms with Gasteiger partial charge in [0.1, 0.15) is 34.9 Å². The number of pyridine rings is 3. The van der Waals surface area contributed by atoms with Crippen LogP contribution in [0.15, 0.2) is 66.1 Å². The summed E-state index contributed by atoms with van der Waals surface area (Å²) in [4.78, 5) is 37.7. The molecule has 32 heavy (non-hydrogen) atoms. The van der Waals surface area contributed by atoms with Gasteiger partial charge in [-0.1, -0.05) is 0 Å². The van der Waals surface area contributed by atoms with Gasteiger partial charge in [0, 0.05) is 31.5 Å².